The van der Waals surface area contributed by atoms with Crippen molar-refractivity contribution in [3.05, 3.63) is 82.7 Å². The van der Waals surface area contributed by atoms with Crippen LogP contribution in [0.25, 0.3) is 22.5 Å². The van der Waals surface area contributed by atoms with Crippen LogP contribution < -0.4 is 5.63 Å². The van der Waals surface area contributed by atoms with Gasteiger partial charge in [-0.1, -0.05) is 30.3 Å². The molecule has 0 amide bonds. The molecule has 3 rings (SSSR count). The molecule has 0 aliphatic heterocycles. The average molecular weight is 273 g/mol. The molecule has 100 valence electrons. The van der Waals surface area contributed by atoms with Gasteiger partial charge in [-0.3, -0.25) is 0 Å². The summed E-state index contributed by atoms with van der Waals surface area (Å²) in [7, 11) is 0. The van der Waals surface area contributed by atoms with Gasteiger partial charge in [0.2, 0.25) is 0 Å². The highest BCUT2D eigenvalue weighted by Crippen LogP contribution is 2.24. The van der Waals surface area contributed by atoms with Crippen molar-refractivity contribution < 1.29 is 4.42 Å². The SMILES string of the molecule is N#Cc1ccc(-c2cc(-c3ccccc3)cc(=O)o2)cc1. The number of hydrogen-bond acceptors (Lipinski definition) is 3. The first-order valence-corrected chi connectivity index (χ1v) is 6.47. The minimum atomic E-state index is -0.393. The summed E-state index contributed by atoms with van der Waals surface area (Å²) >= 11 is 0. The first-order chi connectivity index (χ1) is 10.3. The Morgan fingerprint density at radius 2 is 1.52 bits per heavy atom. The Balaban J connectivity index is 2.10. The fraction of sp³-hybridized carbons (Fsp3) is 0. The van der Waals surface area contributed by atoms with E-state index in [-0.39, 0.29) is 0 Å². The lowest BCUT2D eigenvalue weighted by atomic mass is 10.0. The highest BCUT2D eigenvalue weighted by Gasteiger charge is 2.06. The van der Waals surface area contributed by atoms with Crippen LogP contribution in [0.15, 0.2) is 75.9 Å². The number of rotatable bonds is 2. The molecule has 3 aromatic rings. The fourth-order valence-electron chi connectivity index (χ4n) is 2.13. The Morgan fingerprint density at radius 3 is 2.19 bits per heavy atom. The molecule has 0 saturated heterocycles. The van der Waals surface area contributed by atoms with Crippen LogP contribution in [-0.4, -0.2) is 0 Å². The second-order valence-corrected chi connectivity index (χ2v) is 4.58. The van der Waals surface area contributed by atoms with Crippen LogP contribution in [0.3, 0.4) is 0 Å². The van der Waals surface area contributed by atoms with Crippen LogP contribution in [0, 0.1) is 11.3 Å². The lowest BCUT2D eigenvalue weighted by Gasteiger charge is -2.04. The van der Waals surface area contributed by atoms with E-state index in [1.54, 1.807) is 24.3 Å². The lowest BCUT2D eigenvalue weighted by Crippen LogP contribution is -1.98. The van der Waals surface area contributed by atoms with E-state index in [1.807, 2.05) is 36.4 Å². The summed E-state index contributed by atoms with van der Waals surface area (Å²) in [5.74, 6) is 0.492. The van der Waals surface area contributed by atoms with Crippen LogP contribution in [0.4, 0.5) is 0 Å². The van der Waals surface area contributed by atoms with Crippen molar-refractivity contribution in [3.63, 3.8) is 0 Å². The average Bonchev–Trinajstić information content (AvgIpc) is 2.55. The standard InChI is InChI=1S/C18H11NO2/c19-12-13-6-8-15(9-7-13)17-10-16(11-18(20)21-17)14-4-2-1-3-5-14/h1-11H. The zero-order valence-corrected chi connectivity index (χ0v) is 11.1. The minimum Gasteiger partial charge on any atom is -0.423 e. The zero-order chi connectivity index (χ0) is 14.7. The van der Waals surface area contributed by atoms with Gasteiger partial charge < -0.3 is 4.42 Å². The maximum atomic E-state index is 11.8. The van der Waals surface area contributed by atoms with E-state index in [0.717, 1.165) is 16.7 Å². The van der Waals surface area contributed by atoms with Crippen LogP contribution in [0.2, 0.25) is 0 Å². The molecule has 1 heterocycles. The van der Waals surface area contributed by atoms with E-state index in [2.05, 4.69) is 6.07 Å². The molecule has 21 heavy (non-hydrogen) atoms. The van der Waals surface area contributed by atoms with Gasteiger partial charge in [-0.05, 0) is 41.5 Å². The van der Waals surface area contributed by atoms with Crippen LogP contribution in [0.1, 0.15) is 5.56 Å². The smallest absolute Gasteiger partial charge is 0.336 e. The maximum Gasteiger partial charge on any atom is 0.336 e. The van der Waals surface area contributed by atoms with Crippen molar-refractivity contribution in [2.45, 2.75) is 0 Å². The quantitative estimate of drug-likeness (QED) is 0.712. The molecule has 0 N–H and O–H groups in total. The highest BCUT2D eigenvalue weighted by atomic mass is 16.4. The van der Waals surface area contributed by atoms with Gasteiger partial charge >= 0.3 is 5.63 Å². The predicted molar refractivity (Wildman–Crippen MR) is 80.6 cm³/mol. The molecular formula is C18H11NO2. The van der Waals surface area contributed by atoms with Crippen LogP contribution in [-0.2, 0) is 0 Å². The summed E-state index contributed by atoms with van der Waals surface area (Å²) < 4.78 is 5.26. The molecule has 0 radical (unpaired) electrons. The van der Waals surface area contributed by atoms with Gasteiger partial charge in [0.05, 0.1) is 11.6 Å². The van der Waals surface area contributed by atoms with E-state index in [4.69, 9.17) is 9.68 Å². The molecular weight excluding hydrogens is 262 g/mol. The van der Waals surface area contributed by atoms with Crippen molar-refractivity contribution in [2.24, 2.45) is 0 Å². The molecule has 0 atom stereocenters. The molecule has 0 fully saturated rings. The van der Waals surface area contributed by atoms with Gasteiger partial charge in [-0.15, -0.1) is 0 Å². The Bertz CT molecular complexity index is 856. The third-order valence-electron chi connectivity index (χ3n) is 3.18. The summed E-state index contributed by atoms with van der Waals surface area (Å²) in [5.41, 5.74) is 2.71. The van der Waals surface area contributed by atoms with Crippen molar-refractivity contribution in [2.75, 3.05) is 0 Å². The summed E-state index contributed by atoms with van der Waals surface area (Å²) in [6.07, 6.45) is 0. The number of benzene rings is 2. The first-order valence-electron chi connectivity index (χ1n) is 6.47. The normalized spacial score (nSPS) is 10.0. The van der Waals surface area contributed by atoms with Crippen molar-refractivity contribution in [1.82, 2.24) is 0 Å². The number of nitrogens with zero attached hydrogens (tertiary/aromatic N) is 1. The molecule has 0 spiro atoms. The van der Waals surface area contributed by atoms with Gasteiger partial charge in [-0.25, -0.2) is 4.79 Å². The third kappa shape index (κ3) is 2.75. The van der Waals surface area contributed by atoms with Crippen molar-refractivity contribution >= 4 is 0 Å². The van der Waals surface area contributed by atoms with Gasteiger partial charge in [-0.2, -0.15) is 5.26 Å². The molecule has 3 nitrogen and oxygen atoms in total. The summed E-state index contributed by atoms with van der Waals surface area (Å²) in [5, 5.41) is 8.81. The second-order valence-electron chi connectivity index (χ2n) is 4.58. The first kappa shape index (κ1) is 12.9. The van der Waals surface area contributed by atoms with E-state index < -0.39 is 5.63 Å². The molecule has 0 aliphatic rings. The van der Waals surface area contributed by atoms with Gasteiger partial charge in [0.25, 0.3) is 0 Å². The molecule has 2 aromatic carbocycles. The summed E-state index contributed by atoms with van der Waals surface area (Å²) in [6, 6.07) is 22.0. The molecule has 0 unspecified atom stereocenters. The lowest BCUT2D eigenvalue weighted by molar-refractivity contribution is 0.526. The van der Waals surface area contributed by atoms with Gasteiger partial charge in [0, 0.05) is 11.6 Å². The monoisotopic (exact) mass is 273 g/mol. The highest BCUT2D eigenvalue weighted by molar-refractivity contribution is 5.69. The molecule has 1 aromatic heterocycles. The Labute approximate surface area is 121 Å². The Hall–Kier alpha value is -3.12. The van der Waals surface area contributed by atoms with E-state index in [9.17, 15) is 4.79 Å². The van der Waals surface area contributed by atoms with Crippen molar-refractivity contribution in [1.29, 1.82) is 5.26 Å². The Kier molecular flexibility index (Phi) is 3.36. The number of nitriles is 1. The van der Waals surface area contributed by atoms with Crippen molar-refractivity contribution in [3.8, 4) is 28.5 Å². The van der Waals surface area contributed by atoms with Crippen LogP contribution >= 0.6 is 0 Å². The predicted octanol–water partition coefficient (Wildman–Crippen LogP) is 3.85. The summed E-state index contributed by atoms with van der Waals surface area (Å²) in [6.45, 7) is 0. The van der Waals surface area contributed by atoms with Gasteiger partial charge in [0.15, 0.2) is 0 Å². The topological polar surface area (TPSA) is 54.0 Å². The Morgan fingerprint density at radius 1 is 0.810 bits per heavy atom. The van der Waals surface area contributed by atoms with Gasteiger partial charge in [0.1, 0.15) is 5.76 Å². The summed E-state index contributed by atoms with van der Waals surface area (Å²) in [4.78, 5) is 11.8. The van der Waals surface area contributed by atoms with Crippen LogP contribution in [0.5, 0.6) is 0 Å². The minimum absolute atomic E-state index is 0.393. The largest absolute Gasteiger partial charge is 0.423 e. The molecule has 0 aliphatic carbocycles. The van der Waals surface area contributed by atoms with E-state index in [1.165, 1.54) is 6.07 Å². The van der Waals surface area contributed by atoms with E-state index >= 15 is 0 Å². The molecule has 0 bridgehead atoms. The molecule has 0 saturated carbocycles. The second kappa shape index (κ2) is 5.48. The fourth-order valence-corrected chi connectivity index (χ4v) is 2.13. The number of hydrogen-bond donors (Lipinski definition) is 0. The third-order valence-corrected chi connectivity index (χ3v) is 3.18. The maximum absolute atomic E-state index is 11.8. The molecule has 3 heteroatoms. The zero-order valence-electron chi connectivity index (χ0n) is 11.1. The van der Waals surface area contributed by atoms with E-state index in [0.29, 0.717) is 11.3 Å².